The van der Waals surface area contributed by atoms with Crippen molar-refractivity contribution in [2.24, 2.45) is 0 Å². The fourth-order valence-corrected chi connectivity index (χ4v) is 3.82. The summed E-state index contributed by atoms with van der Waals surface area (Å²) in [6.45, 7) is 6.84. The summed E-state index contributed by atoms with van der Waals surface area (Å²) in [7, 11) is 0. The number of hydrogen-bond donors (Lipinski definition) is 2. The highest BCUT2D eigenvalue weighted by Gasteiger charge is 2.22. The van der Waals surface area contributed by atoms with Gasteiger partial charge < -0.3 is 15.2 Å². The number of nitrogens with one attached hydrogen (secondary N) is 1. The van der Waals surface area contributed by atoms with E-state index in [1.165, 1.54) is 0 Å². The highest BCUT2D eigenvalue weighted by Crippen LogP contribution is 2.20. The molecule has 31 heavy (non-hydrogen) atoms. The van der Waals surface area contributed by atoms with Gasteiger partial charge in [0.2, 0.25) is 0 Å². The average Bonchev–Trinajstić information content (AvgIpc) is 2.74. The second kappa shape index (κ2) is 9.24. The van der Waals surface area contributed by atoms with E-state index in [9.17, 15) is 9.90 Å². The van der Waals surface area contributed by atoms with Gasteiger partial charge in [-0.2, -0.15) is 0 Å². The molecule has 0 saturated carbocycles. The summed E-state index contributed by atoms with van der Waals surface area (Å²) in [6, 6.07) is 14.4. The maximum Gasteiger partial charge on any atom is 0.255 e. The van der Waals surface area contributed by atoms with Crippen LogP contribution in [0.4, 0.5) is 5.69 Å². The van der Waals surface area contributed by atoms with Gasteiger partial charge in [0, 0.05) is 30.8 Å². The van der Waals surface area contributed by atoms with Crippen LogP contribution < -0.4 is 5.32 Å². The number of morpholine rings is 1. The number of nitrogens with zero attached hydrogens (tertiary/aromatic N) is 3. The van der Waals surface area contributed by atoms with Crippen LogP contribution in [-0.4, -0.2) is 51.2 Å². The molecule has 2 aromatic carbocycles. The van der Waals surface area contributed by atoms with Crippen molar-refractivity contribution >= 4 is 11.6 Å². The topological polar surface area (TPSA) is 87.6 Å². The number of benzene rings is 2. The maximum atomic E-state index is 12.6. The van der Waals surface area contributed by atoms with Gasteiger partial charge in [-0.1, -0.05) is 24.3 Å². The Kier molecular flexibility index (Phi) is 6.25. The summed E-state index contributed by atoms with van der Waals surface area (Å²) in [5.41, 5.74) is 2.95. The van der Waals surface area contributed by atoms with Crippen molar-refractivity contribution in [2.45, 2.75) is 32.6 Å². The lowest BCUT2D eigenvalue weighted by molar-refractivity contribution is -0.0704. The van der Waals surface area contributed by atoms with Gasteiger partial charge in [-0.25, -0.2) is 9.97 Å². The number of aromatic hydroxyl groups is 1. The molecule has 160 valence electrons. The first-order chi connectivity index (χ1) is 15.0. The van der Waals surface area contributed by atoms with E-state index in [4.69, 9.17) is 4.74 Å². The minimum Gasteiger partial charge on any atom is -0.508 e. The summed E-state index contributed by atoms with van der Waals surface area (Å²) in [5, 5.41) is 12.4. The molecule has 1 saturated heterocycles. The lowest BCUT2D eigenvalue weighted by atomic mass is 10.1. The van der Waals surface area contributed by atoms with Gasteiger partial charge in [0.15, 0.2) is 5.82 Å². The van der Waals surface area contributed by atoms with Crippen molar-refractivity contribution in [3.05, 3.63) is 72.1 Å². The number of amides is 1. The Hall–Kier alpha value is -3.29. The minimum absolute atomic E-state index is 0.152. The number of rotatable bonds is 5. The van der Waals surface area contributed by atoms with Crippen molar-refractivity contribution in [3.63, 3.8) is 0 Å². The Morgan fingerprint density at radius 2 is 1.77 bits per heavy atom. The molecule has 2 N–H and O–H groups in total. The Morgan fingerprint density at radius 3 is 2.42 bits per heavy atom. The van der Waals surface area contributed by atoms with E-state index >= 15 is 0 Å². The summed E-state index contributed by atoms with van der Waals surface area (Å²) in [5.74, 6) is 0.415. The van der Waals surface area contributed by atoms with Crippen LogP contribution in [0.15, 0.2) is 60.9 Å². The predicted molar refractivity (Wildman–Crippen MR) is 119 cm³/mol. The Bertz CT molecular complexity index is 1030. The molecule has 7 heteroatoms. The van der Waals surface area contributed by atoms with Gasteiger partial charge in [-0.15, -0.1) is 0 Å². The molecule has 0 bridgehead atoms. The number of anilines is 1. The molecule has 2 heterocycles. The van der Waals surface area contributed by atoms with Crippen molar-refractivity contribution < 1.29 is 14.6 Å². The smallest absolute Gasteiger partial charge is 0.255 e. The second-order valence-corrected chi connectivity index (χ2v) is 7.95. The number of phenolic OH excluding ortho intramolecular Hbond substituents is 1. The lowest BCUT2D eigenvalue weighted by Gasteiger charge is -2.35. The van der Waals surface area contributed by atoms with E-state index in [0.717, 1.165) is 25.2 Å². The van der Waals surface area contributed by atoms with Crippen LogP contribution in [0.2, 0.25) is 0 Å². The van der Waals surface area contributed by atoms with Crippen LogP contribution in [0.3, 0.4) is 0 Å². The summed E-state index contributed by atoms with van der Waals surface area (Å²) in [4.78, 5) is 23.5. The maximum absolute atomic E-state index is 12.6. The SMILES string of the molecule is CC1CN(Cc2ccc(C(=O)Nc3cnc(-c4cccc(O)c4)nc3)cc2)CC(C)O1. The zero-order valence-electron chi connectivity index (χ0n) is 17.7. The van der Waals surface area contributed by atoms with E-state index in [-0.39, 0.29) is 23.9 Å². The average molecular weight is 418 g/mol. The normalized spacial score (nSPS) is 19.2. The zero-order valence-corrected chi connectivity index (χ0v) is 17.7. The Labute approximate surface area is 181 Å². The zero-order chi connectivity index (χ0) is 21.8. The molecule has 1 fully saturated rings. The van der Waals surface area contributed by atoms with Crippen molar-refractivity contribution in [2.75, 3.05) is 18.4 Å². The third-order valence-corrected chi connectivity index (χ3v) is 5.13. The molecule has 4 rings (SSSR count). The highest BCUT2D eigenvalue weighted by molar-refractivity contribution is 6.04. The van der Waals surface area contributed by atoms with Gasteiger partial charge in [-0.3, -0.25) is 9.69 Å². The number of phenols is 1. The number of hydrogen-bond acceptors (Lipinski definition) is 6. The first kappa shape index (κ1) is 21.0. The van der Waals surface area contributed by atoms with E-state index in [2.05, 4.69) is 34.0 Å². The van der Waals surface area contributed by atoms with Crippen LogP contribution in [-0.2, 0) is 11.3 Å². The van der Waals surface area contributed by atoms with Crippen LogP contribution in [0.25, 0.3) is 11.4 Å². The highest BCUT2D eigenvalue weighted by atomic mass is 16.5. The van der Waals surface area contributed by atoms with E-state index in [0.29, 0.717) is 22.6 Å². The summed E-state index contributed by atoms with van der Waals surface area (Å²) < 4.78 is 5.78. The Morgan fingerprint density at radius 1 is 1.10 bits per heavy atom. The molecular weight excluding hydrogens is 392 g/mol. The van der Waals surface area contributed by atoms with Gasteiger partial charge in [0.1, 0.15) is 5.75 Å². The first-order valence-electron chi connectivity index (χ1n) is 10.4. The van der Waals surface area contributed by atoms with Crippen molar-refractivity contribution in [1.29, 1.82) is 0 Å². The molecule has 1 aliphatic rings. The Balaban J connectivity index is 1.36. The van der Waals surface area contributed by atoms with Crippen LogP contribution in [0.1, 0.15) is 29.8 Å². The molecule has 0 spiro atoms. The molecule has 1 amide bonds. The number of aromatic nitrogens is 2. The van der Waals surface area contributed by atoms with Crippen LogP contribution in [0, 0.1) is 0 Å². The van der Waals surface area contributed by atoms with Crippen LogP contribution >= 0.6 is 0 Å². The molecule has 2 unspecified atom stereocenters. The largest absolute Gasteiger partial charge is 0.508 e. The first-order valence-corrected chi connectivity index (χ1v) is 10.4. The van der Waals surface area contributed by atoms with Crippen LogP contribution in [0.5, 0.6) is 5.75 Å². The standard InChI is InChI=1S/C24H26N4O3/c1-16-13-28(14-17(2)31-16)15-18-6-8-19(9-7-18)24(30)27-21-11-25-23(26-12-21)20-4-3-5-22(29)10-20/h3-12,16-17,29H,13-15H2,1-2H3,(H,27,30). The predicted octanol–water partition coefficient (Wildman–Crippen LogP) is 3.71. The third kappa shape index (κ3) is 5.45. The van der Waals surface area contributed by atoms with Gasteiger partial charge >= 0.3 is 0 Å². The summed E-state index contributed by atoms with van der Waals surface area (Å²) in [6.07, 6.45) is 3.57. The lowest BCUT2D eigenvalue weighted by Crippen LogP contribution is -2.44. The molecule has 3 aromatic rings. The summed E-state index contributed by atoms with van der Waals surface area (Å²) >= 11 is 0. The molecule has 0 radical (unpaired) electrons. The fourth-order valence-electron chi connectivity index (χ4n) is 3.82. The van der Waals surface area contributed by atoms with E-state index in [1.807, 2.05) is 30.3 Å². The van der Waals surface area contributed by atoms with Crippen molar-refractivity contribution in [1.82, 2.24) is 14.9 Å². The second-order valence-electron chi connectivity index (χ2n) is 7.95. The molecular formula is C24H26N4O3. The van der Waals surface area contributed by atoms with Gasteiger partial charge in [0.25, 0.3) is 5.91 Å². The fraction of sp³-hybridized carbons (Fsp3) is 0.292. The number of carbonyl (C=O) groups is 1. The van der Waals surface area contributed by atoms with Gasteiger partial charge in [-0.05, 0) is 43.7 Å². The molecule has 1 aliphatic heterocycles. The van der Waals surface area contributed by atoms with E-state index < -0.39 is 0 Å². The number of ether oxygens (including phenoxy) is 1. The molecule has 0 aliphatic carbocycles. The molecule has 7 nitrogen and oxygen atoms in total. The monoisotopic (exact) mass is 418 g/mol. The van der Waals surface area contributed by atoms with Crippen molar-refractivity contribution in [3.8, 4) is 17.1 Å². The quantitative estimate of drug-likeness (QED) is 0.657. The molecule has 1 aromatic heterocycles. The number of carbonyl (C=O) groups excluding carboxylic acids is 1. The van der Waals surface area contributed by atoms with Gasteiger partial charge in [0.05, 0.1) is 30.3 Å². The van der Waals surface area contributed by atoms with E-state index in [1.54, 1.807) is 30.6 Å². The molecule has 2 atom stereocenters. The third-order valence-electron chi connectivity index (χ3n) is 5.13. The minimum atomic E-state index is -0.214.